The van der Waals surface area contributed by atoms with E-state index in [2.05, 4.69) is 34.3 Å². The lowest BCUT2D eigenvalue weighted by molar-refractivity contribution is 0.794. The van der Waals surface area contributed by atoms with Crippen molar-refractivity contribution in [3.05, 3.63) is 119 Å². The number of rotatable bonds is 5. The van der Waals surface area contributed by atoms with Gasteiger partial charge in [0, 0.05) is 10.0 Å². The normalized spacial score (nSPS) is 11.1. The zero-order valence-corrected chi connectivity index (χ0v) is 15.8. The molecule has 0 saturated heterocycles. The molecule has 0 aliphatic rings. The van der Waals surface area contributed by atoms with Gasteiger partial charge in [-0.1, -0.05) is 71.7 Å². The topological polar surface area (TPSA) is 30.7 Å². The third kappa shape index (κ3) is 4.21. The largest absolute Gasteiger partial charge is 0.246 e. The smallest absolute Gasteiger partial charge is 0.137 e. The minimum absolute atomic E-state index is 0.706. The molecular formula is C22H15Cl2N3. The quantitative estimate of drug-likeness (QED) is 0.421. The van der Waals surface area contributed by atoms with E-state index in [1.54, 1.807) is 11.0 Å². The Morgan fingerprint density at radius 3 is 1.70 bits per heavy atom. The third-order valence-corrected chi connectivity index (χ3v) is 4.73. The Balaban J connectivity index is 1.66. The minimum atomic E-state index is 0.706. The molecule has 3 nitrogen and oxygen atoms in total. The van der Waals surface area contributed by atoms with Crippen molar-refractivity contribution >= 4 is 23.2 Å². The van der Waals surface area contributed by atoms with E-state index >= 15 is 0 Å². The second kappa shape index (κ2) is 7.95. The van der Waals surface area contributed by atoms with E-state index in [4.69, 9.17) is 23.2 Å². The summed E-state index contributed by atoms with van der Waals surface area (Å²) in [6.45, 7) is 1.95. The van der Waals surface area contributed by atoms with Gasteiger partial charge in [-0.3, -0.25) is 0 Å². The SMILES string of the molecule is Clc1ccc([C]([CH]n2cncn2)c2ccc(-c3ccc(Cl)cc3)cc2)cc1. The van der Waals surface area contributed by atoms with Gasteiger partial charge >= 0.3 is 0 Å². The lowest BCUT2D eigenvalue weighted by atomic mass is 9.90. The maximum absolute atomic E-state index is 6.05. The van der Waals surface area contributed by atoms with Crippen molar-refractivity contribution < 1.29 is 0 Å². The molecular weight excluding hydrogens is 377 g/mol. The fourth-order valence-electron chi connectivity index (χ4n) is 2.85. The Morgan fingerprint density at radius 2 is 1.19 bits per heavy atom. The van der Waals surface area contributed by atoms with Crippen molar-refractivity contribution in [2.75, 3.05) is 0 Å². The van der Waals surface area contributed by atoms with Crippen LogP contribution in [0.3, 0.4) is 0 Å². The van der Waals surface area contributed by atoms with E-state index in [1.807, 2.05) is 55.1 Å². The summed E-state index contributed by atoms with van der Waals surface area (Å²) < 4.78 is 1.69. The van der Waals surface area contributed by atoms with Crippen LogP contribution in [-0.2, 0) is 0 Å². The van der Waals surface area contributed by atoms with Crippen LogP contribution in [0.5, 0.6) is 0 Å². The molecule has 0 atom stereocenters. The Bertz CT molecular complexity index is 993. The lowest BCUT2D eigenvalue weighted by Gasteiger charge is -2.17. The highest BCUT2D eigenvalue weighted by atomic mass is 35.5. The first-order valence-electron chi connectivity index (χ1n) is 8.37. The zero-order valence-electron chi connectivity index (χ0n) is 14.3. The Morgan fingerprint density at radius 1 is 0.704 bits per heavy atom. The first kappa shape index (κ1) is 17.8. The second-order valence-electron chi connectivity index (χ2n) is 6.01. The average Bonchev–Trinajstić information content (AvgIpc) is 3.21. The molecule has 132 valence electrons. The van der Waals surface area contributed by atoms with Gasteiger partial charge in [-0.25, -0.2) is 9.67 Å². The molecule has 0 saturated carbocycles. The molecule has 0 unspecified atom stereocenters. The van der Waals surface area contributed by atoms with Crippen molar-refractivity contribution in [3.63, 3.8) is 0 Å². The molecule has 0 aliphatic heterocycles. The van der Waals surface area contributed by atoms with Gasteiger partial charge in [-0.15, -0.1) is 0 Å². The summed E-state index contributed by atoms with van der Waals surface area (Å²) in [5.41, 5.74) is 4.38. The molecule has 4 rings (SSSR count). The molecule has 0 spiro atoms. The molecule has 27 heavy (non-hydrogen) atoms. The molecule has 0 bridgehead atoms. The van der Waals surface area contributed by atoms with Crippen LogP contribution in [0.4, 0.5) is 0 Å². The van der Waals surface area contributed by atoms with Crippen molar-refractivity contribution in [2.45, 2.75) is 0 Å². The van der Waals surface area contributed by atoms with Gasteiger partial charge in [-0.05, 0) is 46.5 Å². The van der Waals surface area contributed by atoms with Crippen LogP contribution in [0.25, 0.3) is 11.1 Å². The maximum Gasteiger partial charge on any atom is 0.137 e. The molecule has 2 radical (unpaired) electrons. The second-order valence-corrected chi connectivity index (χ2v) is 6.88. The van der Waals surface area contributed by atoms with Gasteiger partial charge in [0.05, 0.1) is 12.5 Å². The number of hydrogen-bond donors (Lipinski definition) is 0. The summed E-state index contributed by atoms with van der Waals surface area (Å²) in [7, 11) is 0. The van der Waals surface area contributed by atoms with Crippen molar-refractivity contribution in [1.82, 2.24) is 14.8 Å². The van der Waals surface area contributed by atoms with Crippen molar-refractivity contribution in [3.8, 4) is 11.1 Å². The molecule has 0 N–H and O–H groups in total. The number of halogens is 2. The van der Waals surface area contributed by atoms with Crippen molar-refractivity contribution in [2.24, 2.45) is 0 Å². The van der Waals surface area contributed by atoms with E-state index in [0.717, 1.165) is 33.2 Å². The zero-order chi connectivity index (χ0) is 18.6. The predicted molar refractivity (Wildman–Crippen MR) is 110 cm³/mol. The fraction of sp³-hybridized carbons (Fsp3) is 0. The van der Waals surface area contributed by atoms with E-state index in [-0.39, 0.29) is 0 Å². The highest BCUT2D eigenvalue weighted by Gasteiger charge is 2.17. The van der Waals surface area contributed by atoms with Gasteiger partial charge in [0.15, 0.2) is 0 Å². The summed E-state index contributed by atoms with van der Waals surface area (Å²) in [6.07, 6.45) is 3.18. The van der Waals surface area contributed by atoms with Crippen LogP contribution in [0.15, 0.2) is 85.5 Å². The molecule has 3 aromatic carbocycles. The number of hydrogen-bond acceptors (Lipinski definition) is 2. The Hall–Kier alpha value is -2.62. The van der Waals surface area contributed by atoms with Crippen LogP contribution in [0.1, 0.15) is 11.1 Å². The van der Waals surface area contributed by atoms with Gasteiger partial charge in [0.25, 0.3) is 0 Å². The first-order valence-corrected chi connectivity index (χ1v) is 9.13. The van der Waals surface area contributed by atoms with Gasteiger partial charge in [0.2, 0.25) is 0 Å². The molecule has 0 fully saturated rings. The minimum Gasteiger partial charge on any atom is -0.246 e. The van der Waals surface area contributed by atoms with Gasteiger partial charge < -0.3 is 0 Å². The Kier molecular flexibility index (Phi) is 5.23. The fourth-order valence-corrected chi connectivity index (χ4v) is 3.10. The third-order valence-electron chi connectivity index (χ3n) is 4.23. The Labute approximate surface area is 168 Å². The first-order chi connectivity index (χ1) is 13.2. The van der Waals surface area contributed by atoms with E-state index < -0.39 is 0 Å². The lowest BCUT2D eigenvalue weighted by Crippen LogP contribution is -2.09. The van der Waals surface area contributed by atoms with Crippen LogP contribution >= 0.6 is 23.2 Å². The standard InChI is InChI=1S/C22H15Cl2N3/c23-20-9-5-17(6-10-20)16-1-3-18(4-2-16)22(13-27-15-25-14-26-27)19-7-11-21(24)12-8-19/h1-15H. The molecule has 0 aliphatic carbocycles. The summed E-state index contributed by atoms with van der Waals surface area (Å²) in [4.78, 5) is 4.01. The van der Waals surface area contributed by atoms with Gasteiger partial charge in [0.1, 0.15) is 12.7 Å². The summed E-state index contributed by atoms with van der Waals surface area (Å²) in [6, 6.07) is 24.0. The van der Waals surface area contributed by atoms with Crippen LogP contribution in [0, 0.1) is 12.5 Å². The summed E-state index contributed by atoms with van der Waals surface area (Å²) in [5.74, 6) is 1.03. The monoisotopic (exact) mass is 391 g/mol. The predicted octanol–water partition coefficient (Wildman–Crippen LogP) is 5.93. The highest BCUT2D eigenvalue weighted by Crippen LogP contribution is 2.30. The number of aromatic nitrogens is 3. The van der Waals surface area contributed by atoms with Crippen LogP contribution in [-0.4, -0.2) is 14.8 Å². The molecule has 1 aromatic heterocycles. The van der Waals surface area contributed by atoms with Crippen molar-refractivity contribution in [1.29, 1.82) is 0 Å². The highest BCUT2D eigenvalue weighted by molar-refractivity contribution is 6.30. The number of nitrogens with zero attached hydrogens (tertiary/aromatic N) is 3. The van der Waals surface area contributed by atoms with E-state index in [0.29, 0.717) is 5.02 Å². The maximum atomic E-state index is 6.05. The van der Waals surface area contributed by atoms with Crippen LogP contribution < -0.4 is 0 Å². The van der Waals surface area contributed by atoms with Gasteiger partial charge in [-0.2, -0.15) is 5.10 Å². The van der Waals surface area contributed by atoms with E-state index in [1.165, 1.54) is 6.33 Å². The van der Waals surface area contributed by atoms with E-state index in [9.17, 15) is 0 Å². The van der Waals surface area contributed by atoms with Crippen LogP contribution in [0.2, 0.25) is 10.0 Å². The average molecular weight is 392 g/mol. The molecule has 0 amide bonds. The summed E-state index contributed by atoms with van der Waals surface area (Å²) >= 11 is 12.0. The summed E-state index contributed by atoms with van der Waals surface area (Å²) in [5, 5.41) is 5.63. The molecule has 1 heterocycles. The molecule has 4 aromatic rings. The number of benzene rings is 3. The molecule has 5 heteroatoms.